The fraction of sp³-hybridized carbons (Fsp3) is 0.500. The third-order valence-corrected chi connectivity index (χ3v) is 4.64. The van der Waals surface area contributed by atoms with E-state index in [4.69, 9.17) is 9.40 Å². The standard InChI is InChI=1S/C18H23N5O/c1-12(2)18-22-21-16(24-18)11-23-9-5-6-13(10-23)17-19-14-7-3-4-8-15(14)20-17/h3-4,7-8,12-13H,5-6,9-11H2,1-2H3,(H,19,20)/t13-/m1/s1. The highest BCUT2D eigenvalue weighted by molar-refractivity contribution is 5.74. The first kappa shape index (κ1) is 15.3. The van der Waals surface area contributed by atoms with Crippen LogP contribution in [0.4, 0.5) is 0 Å². The molecule has 0 radical (unpaired) electrons. The van der Waals surface area contributed by atoms with Crippen molar-refractivity contribution in [2.24, 2.45) is 0 Å². The number of piperidine rings is 1. The van der Waals surface area contributed by atoms with Gasteiger partial charge in [0.15, 0.2) is 0 Å². The van der Waals surface area contributed by atoms with Crippen molar-refractivity contribution in [3.05, 3.63) is 41.9 Å². The molecule has 1 aromatic carbocycles. The molecule has 1 atom stereocenters. The zero-order valence-corrected chi connectivity index (χ0v) is 14.2. The minimum atomic E-state index is 0.274. The SMILES string of the molecule is CC(C)c1nnc(CN2CCC[C@@H](c3nc4ccccc4[nH]3)C2)o1. The fourth-order valence-corrected chi connectivity index (χ4v) is 3.34. The first-order valence-electron chi connectivity index (χ1n) is 8.68. The molecule has 3 aromatic rings. The number of H-pyrrole nitrogens is 1. The Balaban J connectivity index is 1.46. The number of likely N-dealkylation sites (tertiary alicyclic amines) is 1. The molecular weight excluding hydrogens is 302 g/mol. The van der Waals surface area contributed by atoms with Gasteiger partial charge in [-0.25, -0.2) is 4.98 Å². The Hall–Kier alpha value is -2.21. The molecule has 1 aliphatic rings. The van der Waals surface area contributed by atoms with Crippen LogP contribution in [-0.2, 0) is 6.54 Å². The zero-order valence-electron chi connectivity index (χ0n) is 14.2. The molecule has 1 fully saturated rings. The lowest BCUT2D eigenvalue weighted by Crippen LogP contribution is -2.34. The fourth-order valence-electron chi connectivity index (χ4n) is 3.34. The van der Waals surface area contributed by atoms with Crippen molar-refractivity contribution < 1.29 is 4.42 Å². The molecule has 6 nitrogen and oxygen atoms in total. The molecule has 0 spiro atoms. The van der Waals surface area contributed by atoms with Crippen molar-refractivity contribution in [2.45, 2.75) is 45.1 Å². The smallest absolute Gasteiger partial charge is 0.230 e. The van der Waals surface area contributed by atoms with Crippen molar-refractivity contribution in [3.63, 3.8) is 0 Å². The molecule has 2 aromatic heterocycles. The number of aromatic nitrogens is 4. The Morgan fingerprint density at radius 3 is 2.96 bits per heavy atom. The number of imidazole rings is 1. The molecule has 24 heavy (non-hydrogen) atoms. The minimum Gasteiger partial charge on any atom is -0.424 e. The summed E-state index contributed by atoms with van der Waals surface area (Å²) in [6.07, 6.45) is 2.32. The van der Waals surface area contributed by atoms with Gasteiger partial charge in [-0.1, -0.05) is 26.0 Å². The van der Waals surface area contributed by atoms with Crippen LogP contribution in [0, 0.1) is 0 Å². The topological polar surface area (TPSA) is 70.8 Å². The molecule has 0 unspecified atom stereocenters. The molecule has 0 saturated carbocycles. The van der Waals surface area contributed by atoms with Crippen molar-refractivity contribution in [1.82, 2.24) is 25.1 Å². The number of para-hydroxylation sites is 2. The Kier molecular flexibility index (Phi) is 4.06. The molecule has 1 saturated heterocycles. The second kappa shape index (κ2) is 6.36. The van der Waals surface area contributed by atoms with Gasteiger partial charge >= 0.3 is 0 Å². The average Bonchev–Trinajstić information content (AvgIpc) is 3.21. The summed E-state index contributed by atoms with van der Waals surface area (Å²) in [6.45, 7) is 6.89. The first-order chi connectivity index (χ1) is 11.7. The maximum Gasteiger partial charge on any atom is 0.230 e. The van der Waals surface area contributed by atoms with Crippen LogP contribution in [0.25, 0.3) is 11.0 Å². The number of nitrogens with one attached hydrogen (secondary N) is 1. The summed E-state index contributed by atoms with van der Waals surface area (Å²) >= 11 is 0. The molecule has 126 valence electrons. The van der Waals surface area contributed by atoms with E-state index >= 15 is 0 Å². The number of aromatic amines is 1. The quantitative estimate of drug-likeness (QED) is 0.795. The number of hydrogen-bond donors (Lipinski definition) is 1. The Bertz CT molecular complexity index is 789. The van der Waals surface area contributed by atoms with Crippen molar-refractivity contribution in [3.8, 4) is 0 Å². The monoisotopic (exact) mass is 325 g/mol. The second-order valence-corrected chi connectivity index (χ2v) is 6.90. The second-order valence-electron chi connectivity index (χ2n) is 6.90. The van der Waals surface area contributed by atoms with Crippen LogP contribution in [0.1, 0.15) is 56.1 Å². The predicted octanol–water partition coefficient (Wildman–Crippen LogP) is 3.45. The molecule has 1 aliphatic heterocycles. The van der Waals surface area contributed by atoms with Gasteiger partial charge in [0.05, 0.1) is 17.6 Å². The summed E-state index contributed by atoms with van der Waals surface area (Å²) < 4.78 is 5.75. The molecule has 0 amide bonds. The largest absolute Gasteiger partial charge is 0.424 e. The Morgan fingerprint density at radius 2 is 2.17 bits per heavy atom. The zero-order chi connectivity index (χ0) is 16.5. The van der Waals surface area contributed by atoms with Crippen LogP contribution in [0.3, 0.4) is 0 Å². The van der Waals surface area contributed by atoms with E-state index in [2.05, 4.69) is 46.1 Å². The number of rotatable bonds is 4. The first-order valence-corrected chi connectivity index (χ1v) is 8.68. The number of fused-ring (bicyclic) bond motifs is 1. The molecule has 4 rings (SSSR count). The van der Waals surface area contributed by atoms with Crippen LogP contribution < -0.4 is 0 Å². The van der Waals surface area contributed by atoms with Gasteiger partial charge in [0.25, 0.3) is 0 Å². The van der Waals surface area contributed by atoms with Gasteiger partial charge in [0.1, 0.15) is 5.82 Å². The van der Waals surface area contributed by atoms with Gasteiger partial charge in [-0.2, -0.15) is 0 Å². The van der Waals surface area contributed by atoms with Crippen molar-refractivity contribution in [2.75, 3.05) is 13.1 Å². The molecule has 6 heteroatoms. The van der Waals surface area contributed by atoms with Crippen molar-refractivity contribution >= 4 is 11.0 Å². The number of nitrogens with zero attached hydrogens (tertiary/aromatic N) is 4. The Morgan fingerprint density at radius 1 is 1.29 bits per heavy atom. The van der Waals surface area contributed by atoms with E-state index in [1.807, 2.05) is 12.1 Å². The highest BCUT2D eigenvalue weighted by Crippen LogP contribution is 2.27. The Labute approximate surface area is 141 Å². The average molecular weight is 325 g/mol. The van der Waals surface area contributed by atoms with Crippen LogP contribution in [0.5, 0.6) is 0 Å². The normalized spacial score (nSPS) is 19.4. The van der Waals surface area contributed by atoms with Gasteiger partial charge in [-0.15, -0.1) is 10.2 Å². The highest BCUT2D eigenvalue weighted by Gasteiger charge is 2.25. The third kappa shape index (κ3) is 3.06. The maximum absolute atomic E-state index is 5.75. The summed E-state index contributed by atoms with van der Waals surface area (Å²) in [5.41, 5.74) is 2.16. The lowest BCUT2D eigenvalue weighted by Gasteiger charge is -2.30. The lowest BCUT2D eigenvalue weighted by molar-refractivity contribution is 0.179. The van der Waals surface area contributed by atoms with E-state index in [1.54, 1.807) is 0 Å². The van der Waals surface area contributed by atoms with Gasteiger partial charge in [0, 0.05) is 18.4 Å². The van der Waals surface area contributed by atoms with E-state index in [1.165, 1.54) is 0 Å². The summed E-state index contributed by atoms with van der Waals surface area (Å²) in [5.74, 6) is 3.23. The van der Waals surface area contributed by atoms with Gasteiger partial charge in [-0.3, -0.25) is 4.90 Å². The van der Waals surface area contributed by atoms with E-state index in [0.29, 0.717) is 11.8 Å². The minimum absolute atomic E-state index is 0.274. The summed E-state index contributed by atoms with van der Waals surface area (Å²) in [5, 5.41) is 8.31. The molecule has 3 heterocycles. The van der Waals surface area contributed by atoms with E-state index in [-0.39, 0.29) is 5.92 Å². The maximum atomic E-state index is 5.75. The number of hydrogen-bond acceptors (Lipinski definition) is 5. The van der Waals surface area contributed by atoms with E-state index < -0.39 is 0 Å². The highest BCUT2D eigenvalue weighted by atomic mass is 16.4. The van der Waals surface area contributed by atoms with Crippen LogP contribution in [-0.4, -0.2) is 38.2 Å². The van der Waals surface area contributed by atoms with Crippen LogP contribution in [0.2, 0.25) is 0 Å². The molecule has 0 bridgehead atoms. The van der Waals surface area contributed by atoms with Gasteiger partial charge in [-0.05, 0) is 31.5 Å². The third-order valence-electron chi connectivity index (χ3n) is 4.64. The summed E-state index contributed by atoms with van der Waals surface area (Å²) in [6, 6.07) is 8.21. The van der Waals surface area contributed by atoms with Crippen molar-refractivity contribution in [1.29, 1.82) is 0 Å². The van der Waals surface area contributed by atoms with Crippen LogP contribution >= 0.6 is 0 Å². The summed E-state index contributed by atoms with van der Waals surface area (Å²) in [7, 11) is 0. The van der Waals surface area contributed by atoms with Gasteiger partial charge in [0.2, 0.25) is 11.8 Å². The predicted molar refractivity (Wildman–Crippen MR) is 91.7 cm³/mol. The van der Waals surface area contributed by atoms with Gasteiger partial charge < -0.3 is 9.40 Å². The molecular formula is C18H23N5O. The summed E-state index contributed by atoms with van der Waals surface area (Å²) in [4.78, 5) is 10.6. The van der Waals surface area contributed by atoms with Crippen LogP contribution in [0.15, 0.2) is 28.7 Å². The molecule has 1 N–H and O–H groups in total. The van der Waals surface area contributed by atoms with E-state index in [9.17, 15) is 0 Å². The van der Waals surface area contributed by atoms with E-state index in [0.717, 1.165) is 55.2 Å². The number of benzene rings is 1. The molecule has 0 aliphatic carbocycles. The lowest BCUT2D eigenvalue weighted by atomic mass is 9.97.